The fraction of sp³-hybridized carbons (Fsp3) is 0.429. The van der Waals surface area contributed by atoms with E-state index in [0.29, 0.717) is 13.0 Å². The molecule has 0 unspecified atom stereocenters. The Kier molecular flexibility index (Phi) is 8.10. The van der Waals surface area contributed by atoms with Gasteiger partial charge in [0, 0.05) is 17.7 Å². The number of carbonyl (C=O) groups is 2. The van der Waals surface area contributed by atoms with E-state index in [9.17, 15) is 9.59 Å². The van der Waals surface area contributed by atoms with Crippen molar-refractivity contribution in [3.8, 4) is 5.75 Å². The number of hydrogen-bond donors (Lipinski definition) is 1. The molecular formula is C21H29NO4. The number of ether oxygens (including phenoxy) is 2. The predicted molar refractivity (Wildman–Crippen MR) is 104 cm³/mol. The molecule has 0 heterocycles. The molecule has 0 saturated carbocycles. The Morgan fingerprint density at radius 2 is 1.88 bits per heavy atom. The Labute approximate surface area is 156 Å². The molecule has 0 aliphatic carbocycles. The highest BCUT2D eigenvalue weighted by molar-refractivity contribution is 5.92. The van der Waals surface area contributed by atoms with Crippen LogP contribution in [0.15, 0.2) is 30.4 Å². The van der Waals surface area contributed by atoms with E-state index < -0.39 is 5.54 Å². The minimum absolute atomic E-state index is 0.197. The molecule has 26 heavy (non-hydrogen) atoms. The molecule has 0 atom stereocenters. The third-order valence-electron chi connectivity index (χ3n) is 3.92. The second kappa shape index (κ2) is 9.80. The summed E-state index contributed by atoms with van der Waals surface area (Å²) < 4.78 is 10.2. The minimum atomic E-state index is -0.481. The molecule has 0 bridgehead atoms. The fourth-order valence-electron chi connectivity index (χ4n) is 2.40. The fourth-order valence-corrected chi connectivity index (χ4v) is 2.40. The van der Waals surface area contributed by atoms with Crippen molar-refractivity contribution in [3.63, 3.8) is 0 Å². The molecular weight excluding hydrogens is 330 g/mol. The van der Waals surface area contributed by atoms with Crippen molar-refractivity contribution in [2.45, 2.75) is 46.6 Å². The molecule has 5 nitrogen and oxygen atoms in total. The van der Waals surface area contributed by atoms with Gasteiger partial charge < -0.3 is 14.8 Å². The van der Waals surface area contributed by atoms with E-state index in [0.717, 1.165) is 22.4 Å². The molecule has 0 fully saturated rings. The second-order valence-corrected chi connectivity index (χ2v) is 6.73. The number of nitrogens with one attached hydrogen (secondary N) is 1. The van der Waals surface area contributed by atoms with Gasteiger partial charge in [-0.2, -0.15) is 0 Å². The van der Waals surface area contributed by atoms with E-state index in [1.807, 2.05) is 39.8 Å². The first-order chi connectivity index (χ1) is 12.2. The molecule has 0 spiro atoms. The summed E-state index contributed by atoms with van der Waals surface area (Å²) in [6.45, 7) is 9.90. The maximum Gasteiger partial charge on any atom is 0.330 e. The summed E-state index contributed by atoms with van der Waals surface area (Å²) in [6, 6.07) is 3.91. The number of aryl methyl sites for hydroxylation is 1. The quantitative estimate of drug-likeness (QED) is 0.567. The maximum absolute atomic E-state index is 12.2. The molecule has 1 aromatic rings. The van der Waals surface area contributed by atoms with Gasteiger partial charge in [-0.15, -0.1) is 0 Å². The Morgan fingerprint density at radius 1 is 1.19 bits per heavy atom. The molecule has 1 rings (SSSR count). The number of benzene rings is 1. The van der Waals surface area contributed by atoms with E-state index in [1.165, 1.54) is 12.2 Å². The largest absolute Gasteiger partial charge is 0.496 e. The van der Waals surface area contributed by atoms with Crippen molar-refractivity contribution in [2.75, 3.05) is 13.7 Å². The number of rotatable bonds is 8. The summed E-state index contributed by atoms with van der Waals surface area (Å²) in [5.41, 5.74) is 2.61. The lowest BCUT2D eigenvalue weighted by atomic mass is 10.00. The van der Waals surface area contributed by atoms with Crippen molar-refractivity contribution in [1.82, 2.24) is 5.32 Å². The SMILES string of the molecule is CCOC(=O)/C=C/CC(C)(C)NC(=O)/C=C/c1cc(C)c(C)c(OC)c1. The van der Waals surface area contributed by atoms with Gasteiger partial charge in [-0.05, 0) is 69.9 Å². The highest BCUT2D eigenvalue weighted by atomic mass is 16.5. The summed E-state index contributed by atoms with van der Waals surface area (Å²) in [5.74, 6) is 0.226. The average Bonchev–Trinajstić information content (AvgIpc) is 2.55. The van der Waals surface area contributed by atoms with Crippen LogP contribution in [0.25, 0.3) is 6.08 Å². The topological polar surface area (TPSA) is 64.6 Å². The number of methoxy groups -OCH3 is 1. The van der Waals surface area contributed by atoms with Crippen LogP contribution in [0.5, 0.6) is 5.75 Å². The molecule has 0 aliphatic heterocycles. The van der Waals surface area contributed by atoms with Gasteiger partial charge in [-0.3, -0.25) is 4.79 Å². The lowest BCUT2D eigenvalue weighted by Crippen LogP contribution is -2.42. The van der Waals surface area contributed by atoms with Gasteiger partial charge in [0.05, 0.1) is 13.7 Å². The highest BCUT2D eigenvalue weighted by Gasteiger charge is 2.17. The Hall–Kier alpha value is -2.56. The minimum Gasteiger partial charge on any atom is -0.496 e. The van der Waals surface area contributed by atoms with Gasteiger partial charge in [0.15, 0.2) is 0 Å². The third kappa shape index (κ3) is 7.13. The molecule has 1 N–H and O–H groups in total. The Bertz CT molecular complexity index is 702. The second-order valence-electron chi connectivity index (χ2n) is 6.73. The molecule has 1 aromatic carbocycles. The van der Waals surface area contributed by atoms with E-state index in [4.69, 9.17) is 9.47 Å². The zero-order valence-electron chi connectivity index (χ0n) is 16.5. The van der Waals surface area contributed by atoms with Crippen molar-refractivity contribution in [3.05, 3.63) is 47.1 Å². The zero-order valence-corrected chi connectivity index (χ0v) is 16.5. The maximum atomic E-state index is 12.2. The summed E-state index contributed by atoms with van der Waals surface area (Å²) in [4.78, 5) is 23.5. The van der Waals surface area contributed by atoms with Gasteiger partial charge in [0.25, 0.3) is 0 Å². The van der Waals surface area contributed by atoms with Gasteiger partial charge in [-0.1, -0.05) is 12.1 Å². The average molecular weight is 359 g/mol. The first-order valence-electron chi connectivity index (χ1n) is 8.67. The molecule has 142 valence electrons. The third-order valence-corrected chi connectivity index (χ3v) is 3.92. The summed E-state index contributed by atoms with van der Waals surface area (Å²) >= 11 is 0. The van der Waals surface area contributed by atoms with Gasteiger partial charge >= 0.3 is 5.97 Å². The van der Waals surface area contributed by atoms with Crippen LogP contribution < -0.4 is 10.1 Å². The number of amides is 1. The number of carbonyl (C=O) groups excluding carboxylic acids is 2. The normalized spacial score (nSPS) is 11.8. The molecule has 5 heteroatoms. The number of hydrogen-bond acceptors (Lipinski definition) is 4. The van der Waals surface area contributed by atoms with Crippen molar-refractivity contribution in [2.24, 2.45) is 0 Å². The van der Waals surface area contributed by atoms with Crippen LogP contribution in [0, 0.1) is 13.8 Å². The molecule has 0 radical (unpaired) electrons. The zero-order chi connectivity index (χ0) is 19.7. The van der Waals surface area contributed by atoms with Crippen LogP contribution in [0.3, 0.4) is 0 Å². The lowest BCUT2D eigenvalue weighted by molar-refractivity contribution is -0.137. The number of esters is 1. The Balaban J connectivity index is 2.68. The standard InChI is InChI=1S/C21H29NO4/c1-7-26-20(24)9-8-12-21(4,5)22-19(23)11-10-17-13-15(2)16(3)18(14-17)25-6/h8-11,13-14H,7,12H2,1-6H3,(H,22,23)/b9-8+,11-10+. The summed E-state index contributed by atoms with van der Waals surface area (Å²) in [5, 5.41) is 2.93. The molecule has 1 amide bonds. The van der Waals surface area contributed by atoms with Gasteiger partial charge in [-0.25, -0.2) is 4.79 Å². The van der Waals surface area contributed by atoms with Crippen LogP contribution in [-0.2, 0) is 14.3 Å². The van der Waals surface area contributed by atoms with Crippen molar-refractivity contribution in [1.29, 1.82) is 0 Å². The summed E-state index contributed by atoms with van der Waals surface area (Å²) in [6.07, 6.45) is 6.86. The smallest absolute Gasteiger partial charge is 0.330 e. The molecule has 0 saturated heterocycles. The van der Waals surface area contributed by atoms with Crippen molar-refractivity contribution >= 4 is 18.0 Å². The van der Waals surface area contributed by atoms with Crippen LogP contribution in [0.4, 0.5) is 0 Å². The first-order valence-corrected chi connectivity index (χ1v) is 8.67. The van der Waals surface area contributed by atoms with E-state index >= 15 is 0 Å². The van der Waals surface area contributed by atoms with E-state index in [-0.39, 0.29) is 11.9 Å². The van der Waals surface area contributed by atoms with Gasteiger partial charge in [0.2, 0.25) is 5.91 Å². The van der Waals surface area contributed by atoms with E-state index in [1.54, 1.807) is 26.2 Å². The van der Waals surface area contributed by atoms with Crippen LogP contribution in [-0.4, -0.2) is 31.1 Å². The Morgan fingerprint density at radius 3 is 2.50 bits per heavy atom. The lowest BCUT2D eigenvalue weighted by Gasteiger charge is -2.23. The van der Waals surface area contributed by atoms with Crippen LogP contribution in [0.2, 0.25) is 0 Å². The highest BCUT2D eigenvalue weighted by Crippen LogP contribution is 2.23. The monoisotopic (exact) mass is 359 g/mol. The first kappa shape index (κ1) is 21.5. The van der Waals surface area contributed by atoms with Crippen LogP contribution >= 0.6 is 0 Å². The van der Waals surface area contributed by atoms with E-state index in [2.05, 4.69) is 5.32 Å². The summed E-state index contributed by atoms with van der Waals surface area (Å²) in [7, 11) is 1.63. The van der Waals surface area contributed by atoms with Crippen molar-refractivity contribution < 1.29 is 19.1 Å². The molecule has 0 aromatic heterocycles. The molecule has 0 aliphatic rings. The van der Waals surface area contributed by atoms with Crippen LogP contribution in [0.1, 0.15) is 43.9 Å². The van der Waals surface area contributed by atoms with Gasteiger partial charge in [0.1, 0.15) is 5.75 Å². The predicted octanol–water partition coefficient (Wildman–Crippen LogP) is 3.73.